The highest BCUT2D eigenvalue weighted by molar-refractivity contribution is 6.09. The second-order valence-electron chi connectivity index (χ2n) is 9.27. The zero-order valence-corrected chi connectivity index (χ0v) is 22.0. The second kappa shape index (κ2) is 10.7. The second-order valence-corrected chi connectivity index (χ2v) is 9.27. The fraction of sp³-hybridized carbons (Fsp3) is 0.138. The summed E-state index contributed by atoms with van der Waals surface area (Å²) in [5.41, 5.74) is 3.56. The lowest BCUT2D eigenvalue weighted by atomic mass is 9.94. The summed E-state index contributed by atoms with van der Waals surface area (Å²) in [6, 6.07) is 19.4. The first-order valence-electron chi connectivity index (χ1n) is 12.4. The number of hydrogen-bond acceptors (Lipinski definition) is 7. The third kappa shape index (κ3) is 5.12. The van der Waals surface area contributed by atoms with Gasteiger partial charge in [0.1, 0.15) is 23.2 Å². The van der Waals surface area contributed by atoms with Crippen molar-refractivity contribution in [2.45, 2.75) is 19.9 Å². The fourth-order valence-corrected chi connectivity index (χ4v) is 4.54. The van der Waals surface area contributed by atoms with Crippen molar-refractivity contribution in [2.24, 2.45) is 0 Å². The number of nitrogens with one attached hydrogen (secondary N) is 3. The Morgan fingerprint density at radius 1 is 0.975 bits per heavy atom. The molecule has 1 aliphatic rings. The molecule has 0 fully saturated rings. The maximum atomic E-state index is 13.7. The molecule has 0 radical (unpaired) electrons. The van der Waals surface area contributed by atoms with E-state index in [9.17, 15) is 19.7 Å². The van der Waals surface area contributed by atoms with Gasteiger partial charge in [0.15, 0.2) is 0 Å². The molecule has 1 aromatic heterocycles. The summed E-state index contributed by atoms with van der Waals surface area (Å²) in [6.45, 7) is 3.67. The average Bonchev–Trinajstić information content (AvgIpc) is 3.37. The molecule has 5 rings (SSSR count). The average molecular weight is 539 g/mol. The van der Waals surface area contributed by atoms with Gasteiger partial charge in [-0.1, -0.05) is 29.8 Å². The summed E-state index contributed by atoms with van der Waals surface area (Å²) in [5, 5.41) is 24.9. The molecule has 2 heterocycles. The number of aromatic nitrogens is 2. The number of amides is 2. The van der Waals surface area contributed by atoms with Crippen LogP contribution in [0, 0.1) is 17.0 Å². The number of allylic oxidation sites excluding steroid dienone is 1. The Hall–Kier alpha value is -5.45. The molecule has 11 nitrogen and oxygen atoms in total. The van der Waals surface area contributed by atoms with Crippen LogP contribution < -0.4 is 20.7 Å². The number of carbonyl (C=O) groups excluding carboxylic acids is 2. The molecule has 0 saturated heterocycles. The number of anilines is 3. The number of hydrogen-bond donors (Lipinski definition) is 3. The Kier molecular flexibility index (Phi) is 7.02. The first-order valence-corrected chi connectivity index (χ1v) is 12.4. The number of non-ortho nitro benzene ring substituents is 1. The Morgan fingerprint density at radius 3 is 2.27 bits per heavy atom. The summed E-state index contributed by atoms with van der Waals surface area (Å²) in [5.74, 6) is 0.173. The van der Waals surface area contributed by atoms with E-state index < -0.39 is 22.8 Å². The van der Waals surface area contributed by atoms with Crippen molar-refractivity contribution in [3.63, 3.8) is 0 Å². The van der Waals surface area contributed by atoms with Crippen molar-refractivity contribution in [2.75, 3.05) is 23.1 Å². The standard InChI is InChI=1S/C29H26N6O5/c1-17-7-9-20(10-8-17)32-28(36)24-16-30-34-26(19-5-4-6-22(15-19)35(38)39)25(18(2)31-27(24)34)29(37)33-21-11-13-23(40-3)14-12-21/h4-16,26,31H,1-3H3,(H,32,36)(H,33,37)/t26-/m1/s1. The smallest absolute Gasteiger partial charge is 0.269 e. The molecular formula is C29H26N6O5. The molecule has 1 atom stereocenters. The van der Waals surface area contributed by atoms with Crippen molar-refractivity contribution in [1.82, 2.24) is 9.78 Å². The first kappa shape index (κ1) is 26.2. The number of nitro benzene ring substituents is 1. The molecule has 3 aromatic carbocycles. The number of fused-ring (bicyclic) bond motifs is 1. The molecule has 11 heteroatoms. The largest absolute Gasteiger partial charge is 0.497 e. The lowest BCUT2D eigenvalue weighted by Gasteiger charge is -2.30. The quantitative estimate of drug-likeness (QED) is 0.215. The Labute approximate surface area is 229 Å². The van der Waals surface area contributed by atoms with Crippen LogP contribution in [0.15, 0.2) is 90.3 Å². The lowest BCUT2D eigenvalue weighted by Crippen LogP contribution is -2.32. The van der Waals surface area contributed by atoms with Crippen LogP contribution in [0.5, 0.6) is 5.75 Å². The molecule has 0 aliphatic carbocycles. The van der Waals surface area contributed by atoms with Crippen LogP contribution in [-0.2, 0) is 4.79 Å². The number of methoxy groups -OCH3 is 1. The van der Waals surface area contributed by atoms with Crippen LogP contribution in [0.2, 0.25) is 0 Å². The molecule has 0 unspecified atom stereocenters. The van der Waals surface area contributed by atoms with Crippen LogP contribution in [0.1, 0.15) is 34.5 Å². The minimum Gasteiger partial charge on any atom is -0.497 e. The zero-order valence-electron chi connectivity index (χ0n) is 22.0. The van der Waals surface area contributed by atoms with Crippen LogP contribution in [0.3, 0.4) is 0 Å². The van der Waals surface area contributed by atoms with Crippen molar-refractivity contribution >= 4 is 34.7 Å². The number of aryl methyl sites for hydroxylation is 1. The van der Waals surface area contributed by atoms with Crippen molar-refractivity contribution < 1.29 is 19.2 Å². The maximum Gasteiger partial charge on any atom is 0.269 e. The highest BCUT2D eigenvalue weighted by Crippen LogP contribution is 2.39. The fourth-order valence-electron chi connectivity index (χ4n) is 4.54. The van der Waals surface area contributed by atoms with Gasteiger partial charge >= 0.3 is 0 Å². The van der Waals surface area contributed by atoms with E-state index in [1.54, 1.807) is 62.6 Å². The normalized spacial score (nSPS) is 14.1. The highest BCUT2D eigenvalue weighted by atomic mass is 16.6. The third-order valence-corrected chi connectivity index (χ3v) is 6.57. The van der Waals surface area contributed by atoms with Gasteiger partial charge in [0, 0.05) is 29.2 Å². The predicted molar refractivity (Wildman–Crippen MR) is 151 cm³/mol. The van der Waals surface area contributed by atoms with Crippen molar-refractivity contribution in [1.29, 1.82) is 0 Å². The summed E-state index contributed by atoms with van der Waals surface area (Å²) >= 11 is 0. The molecule has 0 spiro atoms. The van der Waals surface area contributed by atoms with Crippen molar-refractivity contribution in [3.05, 3.63) is 117 Å². The number of carbonyl (C=O) groups is 2. The summed E-state index contributed by atoms with van der Waals surface area (Å²) in [7, 11) is 1.55. The summed E-state index contributed by atoms with van der Waals surface area (Å²) in [4.78, 5) is 38.0. The molecule has 4 aromatic rings. The molecule has 0 bridgehead atoms. The van der Waals surface area contributed by atoms with E-state index in [-0.39, 0.29) is 16.8 Å². The van der Waals surface area contributed by atoms with Gasteiger partial charge in [0.25, 0.3) is 17.5 Å². The topological polar surface area (TPSA) is 140 Å². The lowest BCUT2D eigenvalue weighted by molar-refractivity contribution is -0.384. The minimum atomic E-state index is -0.852. The van der Waals surface area contributed by atoms with Gasteiger partial charge in [-0.25, -0.2) is 4.68 Å². The van der Waals surface area contributed by atoms with Gasteiger partial charge in [-0.05, 0) is 55.8 Å². The van der Waals surface area contributed by atoms with Crippen molar-refractivity contribution in [3.8, 4) is 5.75 Å². The Morgan fingerprint density at radius 2 is 1.62 bits per heavy atom. The Balaban J connectivity index is 1.55. The number of nitro groups is 1. The number of rotatable bonds is 7. The van der Waals surface area contributed by atoms with Gasteiger partial charge in [0.05, 0.1) is 23.8 Å². The van der Waals surface area contributed by atoms with E-state index in [1.807, 2.05) is 19.1 Å². The minimum absolute atomic E-state index is 0.130. The molecule has 1 aliphatic heterocycles. The van der Waals surface area contributed by atoms with Gasteiger partial charge in [-0.3, -0.25) is 19.7 Å². The molecule has 0 saturated carbocycles. The van der Waals surface area contributed by atoms with Crippen LogP contribution >= 0.6 is 0 Å². The molecule has 2 amide bonds. The van der Waals surface area contributed by atoms with E-state index in [4.69, 9.17) is 4.74 Å². The summed E-state index contributed by atoms with van der Waals surface area (Å²) < 4.78 is 6.68. The van der Waals surface area contributed by atoms with Crippen LogP contribution in [0.25, 0.3) is 0 Å². The van der Waals surface area contributed by atoms with E-state index in [0.717, 1.165) is 5.56 Å². The van der Waals surface area contributed by atoms with Crippen LogP contribution in [0.4, 0.5) is 22.9 Å². The molecular weight excluding hydrogens is 512 g/mol. The SMILES string of the molecule is COc1ccc(NC(=O)C2=C(C)Nc3c(C(=O)Nc4ccc(C)cc4)cnn3[C@@H]2c2cccc([N+](=O)[O-])c2)cc1. The van der Waals surface area contributed by atoms with Gasteiger partial charge in [-0.15, -0.1) is 0 Å². The molecule has 202 valence electrons. The monoisotopic (exact) mass is 538 g/mol. The van der Waals surface area contributed by atoms with E-state index in [1.165, 1.54) is 23.0 Å². The van der Waals surface area contributed by atoms with Crippen LogP contribution in [-0.4, -0.2) is 33.6 Å². The number of benzene rings is 3. The summed E-state index contributed by atoms with van der Waals surface area (Å²) in [6.07, 6.45) is 1.41. The third-order valence-electron chi connectivity index (χ3n) is 6.57. The van der Waals surface area contributed by atoms with Gasteiger partial charge in [0.2, 0.25) is 0 Å². The van der Waals surface area contributed by atoms with E-state index in [2.05, 4.69) is 21.0 Å². The van der Waals surface area contributed by atoms with Gasteiger partial charge in [-0.2, -0.15) is 5.10 Å². The van der Waals surface area contributed by atoms with Gasteiger partial charge < -0.3 is 20.7 Å². The maximum absolute atomic E-state index is 13.7. The Bertz CT molecular complexity index is 1640. The van der Waals surface area contributed by atoms with E-state index >= 15 is 0 Å². The first-order chi connectivity index (χ1) is 19.2. The number of nitrogens with zero attached hydrogens (tertiary/aromatic N) is 3. The van der Waals surface area contributed by atoms with E-state index in [0.29, 0.717) is 34.2 Å². The molecule has 40 heavy (non-hydrogen) atoms. The molecule has 3 N–H and O–H groups in total. The zero-order chi connectivity index (χ0) is 28.4. The number of ether oxygens (including phenoxy) is 1. The highest BCUT2D eigenvalue weighted by Gasteiger charge is 2.36. The predicted octanol–water partition coefficient (Wildman–Crippen LogP) is 5.29.